The van der Waals surface area contributed by atoms with E-state index in [4.69, 9.17) is 15.6 Å². The Balaban J connectivity index is 2.37. The number of carboxylic acids is 1. The molecule has 1 aromatic heterocycles. The van der Waals surface area contributed by atoms with Gasteiger partial charge in [-0.2, -0.15) is 0 Å². The maximum absolute atomic E-state index is 10.8. The summed E-state index contributed by atoms with van der Waals surface area (Å²) in [6.07, 6.45) is 0. The molecule has 0 aliphatic carbocycles. The van der Waals surface area contributed by atoms with Crippen molar-refractivity contribution < 1.29 is 14.6 Å². The van der Waals surface area contributed by atoms with Crippen LogP contribution in [0.1, 0.15) is 10.5 Å². The Kier molecular flexibility index (Phi) is 3.66. The van der Waals surface area contributed by atoms with Crippen molar-refractivity contribution in [3.05, 3.63) is 45.7 Å². The molecule has 0 radical (unpaired) electrons. The summed E-state index contributed by atoms with van der Waals surface area (Å²) in [5.74, 6) is -0.443. The largest absolute Gasteiger partial charge is 0.477 e. The van der Waals surface area contributed by atoms with Crippen LogP contribution < -0.4 is 10.5 Å². The molecule has 1 aromatic carbocycles. The predicted octanol–water partition coefficient (Wildman–Crippen LogP) is 2.76. The van der Waals surface area contributed by atoms with Gasteiger partial charge in [-0.25, -0.2) is 9.78 Å². The van der Waals surface area contributed by atoms with Gasteiger partial charge in [0.25, 0.3) is 0 Å². The molecule has 0 unspecified atom stereocenters. The van der Waals surface area contributed by atoms with Crippen molar-refractivity contribution in [2.75, 3.05) is 5.73 Å². The Morgan fingerprint density at radius 3 is 2.67 bits per heavy atom. The monoisotopic (exact) mass is 356 g/mol. The van der Waals surface area contributed by atoms with E-state index in [9.17, 15) is 4.79 Å². The van der Waals surface area contributed by atoms with E-state index in [1.165, 1.54) is 12.1 Å². The number of nitrogen functional groups attached to an aromatic ring is 1. The zero-order chi connectivity index (χ0) is 13.1. The van der Waals surface area contributed by atoms with Gasteiger partial charge < -0.3 is 15.6 Å². The first-order chi connectivity index (χ1) is 8.58. The van der Waals surface area contributed by atoms with Crippen molar-refractivity contribution in [2.24, 2.45) is 0 Å². The summed E-state index contributed by atoms with van der Waals surface area (Å²) in [5, 5.41) is 8.86. The van der Waals surface area contributed by atoms with Gasteiger partial charge in [0.05, 0.1) is 9.26 Å². The lowest BCUT2D eigenvalue weighted by Crippen LogP contribution is -2.04. The zero-order valence-electron chi connectivity index (χ0n) is 9.13. The lowest BCUT2D eigenvalue weighted by atomic mass is 10.3. The van der Waals surface area contributed by atoms with Crippen LogP contribution in [-0.2, 0) is 0 Å². The number of halogens is 1. The molecule has 0 aliphatic rings. The molecule has 18 heavy (non-hydrogen) atoms. The molecular formula is C12H9IN2O3. The summed E-state index contributed by atoms with van der Waals surface area (Å²) in [6.45, 7) is 0. The van der Waals surface area contributed by atoms with Crippen LogP contribution >= 0.6 is 22.6 Å². The van der Waals surface area contributed by atoms with Gasteiger partial charge in [-0.1, -0.05) is 12.1 Å². The standard InChI is InChI=1S/C12H9IN2O3/c13-7-3-1-2-4-10(7)18-11-8(14)5-6-9(15-11)12(16)17/h1-6H,14H2,(H,16,17). The molecule has 0 atom stereocenters. The van der Waals surface area contributed by atoms with Crippen LogP contribution in [0.2, 0.25) is 0 Å². The Labute approximate surface area is 117 Å². The number of aromatic nitrogens is 1. The fourth-order valence-corrected chi connectivity index (χ4v) is 1.78. The van der Waals surface area contributed by atoms with Gasteiger partial charge in [-0.15, -0.1) is 0 Å². The van der Waals surface area contributed by atoms with Gasteiger partial charge in [-0.3, -0.25) is 0 Å². The van der Waals surface area contributed by atoms with Crippen LogP contribution in [0.5, 0.6) is 11.6 Å². The van der Waals surface area contributed by atoms with E-state index in [2.05, 4.69) is 27.6 Å². The number of anilines is 1. The molecule has 3 N–H and O–H groups in total. The highest BCUT2D eigenvalue weighted by Crippen LogP contribution is 2.28. The van der Waals surface area contributed by atoms with E-state index in [1.807, 2.05) is 18.2 Å². The fourth-order valence-electron chi connectivity index (χ4n) is 1.28. The number of nitrogens with zero attached hydrogens (tertiary/aromatic N) is 1. The van der Waals surface area contributed by atoms with Crippen LogP contribution in [0, 0.1) is 3.57 Å². The van der Waals surface area contributed by atoms with E-state index in [1.54, 1.807) is 6.07 Å². The predicted molar refractivity (Wildman–Crippen MR) is 74.8 cm³/mol. The first-order valence-electron chi connectivity index (χ1n) is 5.00. The third-order valence-corrected chi connectivity index (χ3v) is 3.04. The second-order valence-electron chi connectivity index (χ2n) is 3.43. The number of carbonyl (C=O) groups is 1. The fraction of sp³-hybridized carbons (Fsp3) is 0. The van der Waals surface area contributed by atoms with Crippen LogP contribution in [0.15, 0.2) is 36.4 Å². The number of nitrogens with two attached hydrogens (primary N) is 1. The molecule has 2 rings (SSSR count). The van der Waals surface area contributed by atoms with E-state index in [0.29, 0.717) is 11.4 Å². The molecular weight excluding hydrogens is 347 g/mol. The van der Waals surface area contributed by atoms with Gasteiger partial charge in [0.15, 0.2) is 5.69 Å². The van der Waals surface area contributed by atoms with Crippen molar-refractivity contribution in [3.63, 3.8) is 0 Å². The molecule has 2 aromatic rings. The molecule has 0 aliphatic heterocycles. The molecule has 0 fully saturated rings. The van der Waals surface area contributed by atoms with Crippen molar-refractivity contribution >= 4 is 34.2 Å². The second kappa shape index (κ2) is 5.21. The molecule has 0 bridgehead atoms. The summed E-state index contributed by atoms with van der Waals surface area (Å²) < 4.78 is 6.41. The van der Waals surface area contributed by atoms with Crippen LogP contribution in [0.3, 0.4) is 0 Å². The molecule has 0 spiro atoms. The third kappa shape index (κ3) is 2.70. The van der Waals surface area contributed by atoms with Crippen molar-refractivity contribution in [1.82, 2.24) is 4.98 Å². The summed E-state index contributed by atoms with van der Waals surface area (Å²) >= 11 is 2.11. The topological polar surface area (TPSA) is 85.4 Å². The summed E-state index contributed by atoms with van der Waals surface area (Å²) in [7, 11) is 0. The Morgan fingerprint density at radius 2 is 2.00 bits per heavy atom. The summed E-state index contributed by atoms with van der Waals surface area (Å²) in [4.78, 5) is 14.7. The van der Waals surface area contributed by atoms with Gasteiger partial charge in [-0.05, 0) is 46.9 Å². The first kappa shape index (κ1) is 12.6. The second-order valence-corrected chi connectivity index (χ2v) is 4.59. The number of carboxylic acid groups (broad SMARTS) is 1. The van der Waals surface area contributed by atoms with Gasteiger partial charge >= 0.3 is 5.97 Å². The minimum Gasteiger partial charge on any atom is -0.477 e. The van der Waals surface area contributed by atoms with Crippen molar-refractivity contribution in [3.8, 4) is 11.6 Å². The minimum absolute atomic E-state index is 0.0963. The lowest BCUT2D eigenvalue weighted by Gasteiger charge is -2.09. The average molecular weight is 356 g/mol. The maximum Gasteiger partial charge on any atom is 0.354 e. The Hall–Kier alpha value is -1.83. The Bertz CT molecular complexity index is 602. The Morgan fingerprint density at radius 1 is 1.28 bits per heavy atom. The number of para-hydroxylation sites is 1. The molecule has 0 saturated carbocycles. The molecule has 0 amide bonds. The van der Waals surface area contributed by atoms with Crippen LogP contribution in [0.4, 0.5) is 5.69 Å². The van der Waals surface area contributed by atoms with E-state index < -0.39 is 5.97 Å². The number of ether oxygens (including phenoxy) is 1. The van der Waals surface area contributed by atoms with Crippen molar-refractivity contribution in [1.29, 1.82) is 0 Å². The number of hydrogen-bond donors (Lipinski definition) is 2. The van der Waals surface area contributed by atoms with Gasteiger partial charge in [0.2, 0.25) is 5.88 Å². The minimum atomic E-state index is -1.12. The van der Waals surface area contributed by atoms with E-state index >= 15 is 0 Å². The van der Waals surface area contributed by atoms with Crippen molar-refractivity contribution in [2.45, 2.75) is 0 Å². The number of hydrogen-bond acceptors (Lipinski definition) is 4. The average Bonchev–Trinajstić information content (AvgIpc) is 2.34. The summed E-state index contributed by atoms with van der Waals surface area (Å²) in [5.41, 5.74) is 5.89. The van der Waals surface area contributed by atoms with Gasteiger partial charge in [0.1, 0.15) is 5.75 Å². The first-order valence-corrected chi connectivity index (χ1v) is 6.08. The number of pyridine rings is 1. The lowest BCUT2D eigenvalue weighted by molar-refractivity contribution is 0.0689. The molecule has 6 heteroatoms. The highest BCUT2D eigenvalue weighted by Gasteiger charge is 2.11. The normalized spacial score (nSPS) is 10.1. The van der Waals surface area contributed by atoms with E-state index in [-0.39, 0.29) is 11.6 Å². The van der Waals surface area contributed by atoms with Crippen LogP contribution in [-0.4, -0.2) is 16.1 Å². The number of benzene rings is 1. The number of rotatable bonds is 3. The number of aromatic carboxylic acids is 1. The smallest absolute Gasteiger partial charge is 0.354 e. The molecule has 0 saturated heterocycles. The molecule has 1 heterocycles. The third-order valence-electron chi connectivity index (χ3n) is 2.15. The quantitative estimate of drug-likeness (QED) is 0.826. The molecule has 92 valence electrons. The zero-order valence-corrected chi connectivity index (χ0v) is 11.3. The van der Waals surface area contributed by atoms with Gasteiger partial charge in [0, 0.05) is 0 Å². The van der Waals surface area contributed by atoms with E-state index in [0.717, 1.165) is 3.57 Å². The summed E-state index contributed by atoms with van der Waals surface area (Å²) in [6, 6.07) is 10.1. The van der Waals surface area contributed by atoms with Crippen LogP contribution in [0.25, 0.3) is 0 Å². The highest BCUT2D eigenvalue weighted by molar-refractivity contribution is 14.1. The maximum atomic E-state index is 10.8. The highest BCUT2D eigenvalue weighted by atomic mass is 127. The molecule has 5 nitrogen and oxygen atoms in total. The SMILES string of the molecule is Nc1ccc(C(=O)O)nc1Oc1ccccc1I.